The van der Waals surface area contributed by atoms with Crippen LogP contribution < -0.4 is 0 Å². The third-order valence-corrected chi connectivity index (χ3v) is 2.20. The van der Waals surface area contributed by atoms with Gasteiger partial charge in [-0.3, -0.25) is 4.79 Å². The summed E-state index contributed by atoms with van der Waals surface area (Å²) in [7, 11) is 0. The monoisotopic (exact) mass is 182 g/mol. The number of hydrogen-bond donors (Lipinski definition) is 0. The lowest BCUT2D eigenvalue weighted by molar-refractivity contribution is -0.115. The average Bonchev–Trinajstić information content (AvgIpc) is 2.12. The van der Waals surface area contributed by atoms with E-state index in [-0.39, 0.29) is 5.78 Å². The van der Waals surface area contributed by atoms with E-state index in [4.69, 9.17) is 0 Å². The van der Waals surface area contributed by atoms with Crippen LogP contribution in [-0.2, 0) is 4.79 Å². The maximum Gasteiger partial charge on any atom is 0.158 e. The molecule has 0 unspecified atom stereocenters. The Morgan fingerprint density at radius 1 is 1.00 bits per heavy atom. The number of allylic oxidation sites excluding steroid dienone is 1. The Morgan fingerprint density at radius 2 is 1.69 bits per heavy atom. The van der Waals surface area contributed by atoms with Crippen molar-refractivity contribution >= 4 is 5.78 Å². The summed E-state index contributed by atoms with van der Waals surface area (Å²) in [5.41, 5.74) is 0.819. The number of rotatable bonds is 8. The van der Waals surface area contributed by atoms with Crippen LogP contribution in [0.1, 0.15) is 58.8 Å². The van der Waals surface area contributed by atoms with Gasteiger partial charge >= 0.3 is 0 Å². The van der Waals surface area contributed by atoms with Crippen LogP contribution in [0.3, 0.4) is 0 Å². The Hall–Kier alpha value is -0.590. The third-order valence-electron chi connectivity index (χ3n) is 2.20. The van der Waals surface area contributed by atoms with Crippen molar-refractivity contribution in [2.45, 2.75) is 58.8 Å². The van der Waals surface area contributed by atoms with Crippen LogP contribution in [-0.4, -0.2) is 5.78 Å². The van der Waals surface area contributed by atoms with Crippen molar-refractivity contribution in [1.29, 1.82) is 0 Å². The molecule has 0 N–H and O–H groups in total. The minimum absolute atomic E-state index is 0.276. The van der Waals surface area contributed by atoms with Gasteiger partial charge in [0, 0.05) is 6.42 Å². The van der Waals surface area contributed by atoms with E-state index in [0.717, 1.165) is 24.8 Å². The average molecular weight is 182 g/mol. The van der Waals surface area contributed by atoms with Crippen LogP contribution in [0.2, 0.25) is 0 Å². The fourth-order valence-electron chi connectivity index (χ4n) is 1.33. The molecule has 0 spiro atoms. The van der Waals surface area contributed by atoms with E-state index < -0.39 is 0 Å². The van der Waals surface area contributed by atoms with Gasteiger partial charge in [0.1, 0.15) is 0 Å². The molecular formula is C12H22O. The molecular weight excluding hydrogens is 160 g/mol. The molecule has 0 amide bonds. The normalized spacial score (nSPS) is 10.0. The molecule has 0 rings (SSSR count). The first-order chi connectivity index (χ1) is 6.22. The molecule has 0 fully saturated rings. The number of unbranched alkanes of at least 4 members (excludes halogenated alkanes) is 3. The van der Waals surface area contributed by atoms with Gasteiger partial charge in [-0.25, -0.2) is 0 Å². The molecule has 0 aromatic heterocycles. The lowest BCUT2D eigenvalue weighted by Crippen LogP contribution is -2.00. The molecule has 0 aromatic carbocycles. The van der Waals surface area contributed by atoms with Crippen LogP contribution in [0.5, 0.6) is 0 Å². The van der Waals surface area contributed by atoms with Crippen LogP contribution in [0.4, 0.5) is 0 Å². The van der Waals surface area contributed by atoms with Gasteiger partial charge in [0.15, 0.2) is 5.78 Å². The zero-order valence-corrected chi connectivity index (χ0v) is 9.07. The molecule has 0 aliphatic rings. The van der Waals surface area contributed by atoms with Crippen molar-refractivity contribution in [3.63, 3.8) is 0 Å². The van der Waals surface area contributed by atoms with Crippen molar-refractivity contribution in [3.05, 3.63) is 12.2 Å². The first-order valence-electron chi connectivity index (χ1n) is 5.43. The highest BCUT2D eigenvalue weighted by molar-refractivity contribution is 5.94. The summed E-state index contributed by atoms with van der Waals surface area (Å²) in [6.45, 7) is 8.05. The van der Waals surface area contributed by atoms with Gasteiger partial charge in [0.05, 0.1) is 0 Å². The van der Waals surface area contributed by atoms with E-state index in [9.17, 15) is 4.79 Å². The number of carbonyl (C=O) groups excluding carboxylic acids is 1. The molecule has 0 saturated heterocycles. The van der Waals surface area contributed by atoms with E-state index in [0.29, 0.717) is 6.42 Å². The zero-order chi connectivity index (χ0) is 10.1. The Bertz CT molecular complexity index is 159. The fraction of sp³-hybridized carbons (Fsp3) is 0.750. The first kappa shape index (κ1) is 12.4. The van der Waals surface area contributed by atoms with Gasteiger partial charge in [-0.1, -0.05) is 46.1 Å². The SMILES string of the molecule is C=C(CCC)C(=O)CCCCCC. The second-order valence-electron chi connectivity index (χ2n) is 3.59. The van der Waals surface area contributed by atoms with Gasteiger partial charge in [-0.15, -0.1) is 0 Å². The van der Waals surface area contributed by atoms with Gasteiger partial charge in [0.25, 0.3) is 0 Å². The Balaban J connectivity index is 3.44. The third kappa shape index (κ3) is 6.56. The topological polar surface area (TPSA) is 17.1 Å². The minimum atomic E-state index is 0.276. The quantitative estimate of drug-likeness (QED) is 0.411. The van der Waals surface area contributed by atoms with Crippen LogP contribution in [0.15, 0.2) is 12.2 Å². The smallest absolute Gasteiger partial charge is 0.158 e. The predicted octanol–water partition coefficient (Wildman–Crippen LogP) is 3.88. The zero-order valence-electron chi connectivity index (χ0n) is 9.07. The predicted molar refractivity (Wildman–Crippen MR) is 57.8 cm³/mol. The molecule has 13 heavy (non-hydrogen) atoms. The summed E-state index contributed by atoms with van der Waals surface area (Å²) in [4.78, 5) is 11.4. The number of hydrogen-bond acceptors (Lipinski definition) is 1. The molecule has 0 saturated carbocycles. The number of carbonyl (C=O) groups is 1. The summed E-state index contributed by atoms with van der Waals surface area (Å²) in [5.74, 6) is 0.276. The standard InChI is InChI=1S/C12H22O/c1-4-6-7-8-10-12(13)11(3)9-5-2/h3-10H2,1-2H3. The van der Waals surface area contributed by atoms with Crippen molar-refractivity contribution in [1.82, 2.24) is 0 Å². The summed E-state index contributed by atoms with van der Waals surface area (Å²) < 4.78 is 0. The minimum Gasteiger partial charge on any atom is -0.295 e. The molecule has 76 valence electrons. The highest BCUT2D eigenvalue weighted by Gasteiger charge is 2.04. The van der Waals surface area contributed by atoms with Crippen LogP contribution >= 0.6 is 0 Å². The van der Waals surface area contributed by atoms with Crippen molar-refractivity contribution in [3.8, 4) is 0 Å². The molecule has 0 radical (unpaired) electrons. The molecule has 0 aliphatic heterocycles. The lowest BCUT2D eigenvalue weighted by Gasteiger charge is -2.02. The van der Waals surface area contributed by atoms with E-state index in [1.165, 1.54) is 19.3 Å². The van der Waals surface area contributed by atoms with Gasteiger partial charge < -0.3 is 0 Å². The number of ketones is 1. The molecule has 0 atom stereocenters. The molecule has 0 bridgehead atoms. The Morgan fingerprint density at radius 3 is 2.23 bits per heavy atom. The summed E-state index contributed by atoms with van der Waals surface area (Å²) in [5, 5.41) is 0. The largest absolute Gasteiger partial charge is 0.295 e. The summed E-state index contributed by atoms with van der Waals surface area (Å²) in [6, 6.07) is 0. The van der Waals surface area contributed by atoms with Gasteiger partial charge in [-0.2, -0.15) is 0 Å². The van der Waals surface area contributed by atoms with Crippen molar-refractivity contribution < 1.29 is 4.79 Å². The molecule has 0 aliphatic carbocycles. The van der Waals surface area contributed by atoms with Crippen molar-refractivity contribution in [2.24, 2.45) is 0 Å². The second-order valence-corrected chi connectivity index (χ2v) is 3.59. The molecule has 1 heteroatoms. The summed E-state index contributed by atoms with van der Waals surface area (Å²) >= 11 is 0. The number of Topliss-reactive ketones (excluding diaryl/α,β-unsaturated/α-hetero) is 1. The van der Waals surface area contributed by atoms with Crippen LogP contribution in [0, 0.1) is 0 Å². The van der Waals surface area contributed by atoms with Crippen LogP contribution in [0.25, 0.3) is 0 Å². The fourth-order valence-corrected chi connectivity index (χ4v) is 1.33. The first-order valence-corrected chi connectivity index (χ1v) is 5.43. The van der Waals surface area contributed by atoms with Gasteiger partial charge in [0.2, 0.25) is 0 Å². The van der Waals surface area contributed by atoms with E-state index >= 15 is 0 Å². The lowest BCUT2D eigenvalue weighted by atomic mass is 10.0. The maximum atomic E-state index is 11.4. The molecule has 0 heterocycles. The molecule has 1 nitrogen and oxygen atoms in total. The Kier molecular flexibility index (Phi) is 7.66. The second kappa shape index (κ2) is 8.03. The molecule has 0 aromatic rings. The van der Waals surface area contributed by atoms with Gasteiger partial charge in [-0.05, 0) is 18.4 Å². The Labute approximate surface area is 82.2 Å². The van der Waals surface area contributed by atoms with Crippen molar-refractivity contribution in [2.75, 3.05) is 0 Å². The highest BCUT2D eigenvalue weighted by atomic mass is 16.1. The van der Waals surface area contributed by atoms with E-state index in [2.05, 4.69) is 20.4 Å². The maximum absolute atomic E-state index is 11.4. The highest BCUT2D eigenvalue weighted by Crippen LogP contribution is 2.10. The summed E-state index contributed by atoms with van der Waals surface area (Å²) in [6.07, 6.45) is 7.29. The van der Waals surface area contributed by atoms with E-state index in [1.807, 2.05) is 0 Å². The van der Waals surface area contributed by atoms with E-state index in [1.54, 1.807) is 0 Å².